The average Bonchev–Trinajstić information content (AvgIpc) is 2.75. The van der Waals surface area contributed by atoms with E-state index >= 15 is 0 Å². The lowest BCUT2D eigenvalue weighted by Gasteiger charge is -2.05. The smallest absolute Gasteiger partial charge is 0.337 e. The second kappa shape index (κ2) is 5.11. The maximum Gasteiger partial charge on any atom is 0.337 e. The van der Waals surface area contributed by atoms with E-state index in [2.05, 4.69) is 4.98 Å². The molecule has 1 N–H and O–H groups in total. The number of aromatic carboxylic acids is 1. The molecule has 0 aliphatic carbocycles. The molecule has 0 unspecified atom stereocenters. The Balaban J connectivity index is 2.43. The molecule has 0 aliphatic heterocycles. The first-order chi connectivity index (χ1) is 8.99. The molecule has 0 atom stereocenters. The largest absolute Gasteiger partial charge is 0.478 e. The van der Waals surface area contributed by atoms with Crippen LogP contribution in [0.2, 0.25) is 0 Å². The zero-order valence-corrected chi connectivity index (χ0v) is 10.6. The van der Waals surface area contributed by atoms with E-state index in [1.165, 1.54) is 12.1 Å². The molecule has 0 radical (unpaired) electrons. The number of aromatic nitrogens is 2. The fraction of sp³-hybridized carbons (Fsp3) is 0.0909. The lowest BCUT2D eigenvalue weighted by Crippen LogP contribution is -2.01. The highest BCUT2D eigenvalue weighted by Crippen LogP contribution is 2.31. The predicted octanol–water partition coefficient (Wildman–Crippen LogP) is 2.18. The first-order valence-corrected chi connectivity index (χ1v) is 5.97. The monoisotopic (exact) mass is 279 g/mol. The van der Waals surface area contributed by atoms with Crippen LogP contribution in [0.4, 0.5) is 5.69 Å². The minimum absolute atomic E-state index is 0.109. The fourth-order valence-corrected chi connectivity index (χ4v) is 2.34. The molecule has 1 aromatic carbocycles. The van der Waals surface area contributed by atoms with E-state index in [1.807, 2.05) is 0 Å². The van der Waals surface area contributed by atoms with Crippen molar-refractivity contribution >= 4 is 23.4 Å². The third-order valence-electron chi connectivity index (χ3n) is 2.38. The number of rotatable bonds is 4. The molecule has 1 aromatic heterocycles. The zero-order valence-electron chi connectivity index (χ0n) is 9.81. The molecule has 0 saturated carbocycles. The number of carbonyl (C=O) groups is 1. The standard InChI is InChI=1S/C11H9N3O4S/c1-13-5-4-12-11(13)19-9-3-2-7(14(17)18)6-8(9)10(15)16/h2-6H,1H3,(H,15,16). The summed E-state index contributed by atoms with van der Waals surface area (Å²) in [7, 11) is 1.78. The van der Waals surface area contributed by atoms with Gasteiger partial charge in [0.15, 0.2) is 5.16 Å². The Labute approximate surface area is 112 Å². The van der Waals surface area contributed by atoms with Gasteiger partial charge in [-0.15, -0.1) is 0 Å². The molecule has 2 rings (SSSR count). The van der Waals surface area contributed by atoms with Crippen molar-refractivity contribution in [3.8, 4) is 0 Å². The van der Waals surface area contributed by atoms with Crippen LogP contribution in [-0.2, 0) is 7.05 Å². The molecule has 0 spiro atoms. The molecule has 0 aliphatic rings. The van der Waals surface area contributed by atoms with Gasteiger partial charge in [-0.25, -0.2) is 9.78 Å². The quantitative estimate of drug-likeness (QED) is 0.680. The molecule has 1 heterocycles. The number of hydrogen-bond donors (Lipinski definition) is 1. The highest BCUT2D eigenvalue weighted by Gasteiger charge is 2.17. The van der Waals surface area contributed by atoms with Gasteiger partial charge >= 0.3 is 5.97 Å². The Bertz CT molecular complexity index is 653. The summed E-state index contributed by atoms with van der Waals surface area (Å²) in [6.07, 6.45) is 3.32. The van der Waals surface area contributed by atoms with Crippen LogP contribution in [0, 0.1) is 10.1 Å². The van der Waals surface area contributed by atoms with Gasteiger partial charge in [0.25, 0.3) is 5.69 Å². The van der Waals surface area contributed by atoms with Gasteiger partial charge in [0.05, 0.1) is 10.5 Å². The number of carboxylic acids is 1. The Hall–Kier alpha value is -2.35. The van der Waals surface area contributed by atoms with Gasteiger partial charge in [-0.05, 0) is 6.07 Å². The predicted molar refractivity (Wildman–Crippen MR) is 67.4 cm³/mol. The van der Waals surface area contributed by atoms with Crippen molar-refractivity contribution < 1.29 is 14.8 Å². The van der Waals surface area contributed by atoms with Crippen molar-refractivity contribution in [1.82, 2.24) is 9.55 Å². The number of imidazole rings is 1. The van der Waals surface area contributed by atoms with E-state index in [4.69, 9.17) is 5.11 Å². The van der Waals surface area contributed by atoms with Gasteiger partial charge in [0.2, 0.25) is 0 Å². The summed E-state index contributed by atoms with van der Waals surface area (Å²) >= 11 is 1.14. The molecule has 0 saturated heterocycles. The third-order valence-corrected chi connectivity index (χ3v) is 3.53. The average molecular weight is 279 g/mol. The highest BCUT2D eigenvalue weighted by atomic mass is 32.2. The number of nitrogens with zero attached hydrogens (tertiary/aromatic N) is 3. The van der Waals surface area contributed by atoms with Crippen LogP contribution in [0.1, 0.15) is 10.4 Å². The minimum Gasteiger partial charge on any atom is -0.478 e. The summed E-state index contributed by atoms with van der Waals surface area (Å²) < 4.78 is 1.73. The maximum atomic E-state index is 11.1. The summed E-state index contributed by atoms with van der Waals surface area (Å²) in [5.74, 6) is -1.21. The van der Waals surface area contributed by atoms with Crippen LogP contribution in [-0.4, -0.2) is 25.6 Å². The van der Waals surface area contributed by atoms with Crippen LogP contribution in [0.25, 0.3) is 0 Å². The van der Waals surface area contributed by atoms with Crippen molar-refractivity contribution in [2.24, 2.45) is 7.05 Å². The summed E-state index contributed by atoms with van der Waals surface area (Å²) in [5.41, 5.74) is -0.358. The Morgan fingerprint density at radius 2 is 2.26 bits per heavy atom. The van der Waals surface area contributed by atoms with Crippen LogP contribution in [0.15, 0.2) is 40.6 Å². The number of benzene rings is 1. The molecule has 98 valence electrons. The molecule has 2 aromatic rings. The van der Waals surface area contributed by atoms with Gasteiger partial charge in [0, 0.05) is 36.5 Å². The van der Waals surface area contributed by atoms with Crippen molar-refractivity contribution in [3.05, 3.63) is 46.3 Å². The van der Waals surface area contributed by atoms with Gasteiger partial charge < -0.3 is 9.67 Å². The zero-order chi connectivity index (χ0) is 14.0. The van der Waals surface area contributed by atoms with Crippen molar-refractivity contribution in [2.45, 2.75) is 10.1 Å². The number of carboxylic acid groups (broad SMARTS) is 1. The first kappa shape index (κ1) is 13.1. The van der Waals surface area contributed by atoms with Gasteiger partial charge in [-0.2, -0.15) is 0 Å². The second-order valence-electron chi connectivity index (χ2n) is 3.67. The lowest BCUT2D eigenvalue weighted by molar-refractivity contribution is -0.384. The van der Waals surface area contributed by atoms with Gasteiger partial charge in [-0.1, -0.05) is 11.8 Å². The number of nitro groups is 1. The van der Waals surface area contributed by atoms with Crippen LogP contribution in [0.3, 0.4) is 0 Å². The number of aryl methyl sites for hydroxylation is 1. The van der Waals surface area contributed by atoms with Crippen molar-refractivity contribution in [3.63, 3.8) is 0 Å². The van der Waals surface area contributed by atoms with Gasteiger partial charge in [-0.3, -0.25) is 10.1 Å². The Kier molecular flexibility index (Phi) is 3.52. The molecule has 0 fully saturated rings. The molecule has 7 nitrogen and oxygen atoms in total. The van der Waals surface area contributed by atoms with Crippen LogP contribution < -0.4 is 0 Å². The third kappa shape index (κ3) is 2.74. The van der Waals surface area contributed by atoms with Crippen LogP contribution in [0.5, 0.6) is 0 Å². The van der Waals surface area contributed by atoms with E-state index in [-0.39, 0.29) is 11.3 Å². The summed E-state index contributed by atoms with van der Waals surface area (Å²) in [6, 6.07) is 3.74. The van der Waals surface area contributed by atoms with Gasteiger partial charge in [0.1, 0.15) is 0 Å². The summed E-state index contributed by atoms with van der Waals surface area (Å²) in [4.78, 5) is 25.6. The van der Waals surface area contributed by atoms with Crippen molar-refractivity contribution in [2.75, 3.05) is 0 Å². The Morgan fingerprint density at radius 3 is 2.79 bits per heavy atom. The Morgan fingerprint density at radius 1 is 1.53 bits per heavy atom. The summed E-state index contributed by atoms with van der Waals surface area (Å²) in [6.45, 7) is 0. The number of nitro benzene ring substituents is 1. The highest BCUT2D eigenvalue weighted by molar-refractivity contribution is 7.99. The van der Waals surface area contributed by atoms with E-state index < -0.39 is 10.9 Å². The number of non-ortho nitro benzene ring substituents is 1. The normalized spacial score (nSPS) is 10.4. The topological polar surface area (TPSA) is 98.3 Å². The fourth-order valence-electron chi connectivity index (χ4n) is 1.44. The molecule has 19 heavy (non-hydrogen) atoms. The SMILES string of the molecule is Cn1ccnc1Sc1ccc([N+](=O)[O-])cc1C(=O)O. The number of hydrogen-bond acceptors (Lipinski definition) is 5. The lowest BCUT2D eigenvalue weighted by atomic mass is 10.2. The minimum atomic E-state index is -1.21. The second-order valence-corrected chi connectivity index (χ2v) is 4.67. The molecule has 8 heteroatoms. The van der Waals surface area contributed by atoms with E-state index in [9.17, 15) is 14.9 Å². The molecular weight excluding hydrogens is 270 g/mol. The molecule has 0 amide bonds. The van der Waals surface area contributed by atoms with Crippen molar-refractivity contribution in [1.29, 1.82) is 0 Å². The van der Waals surface area contributed by atoms with Crippen LogP contribution >= 0.6 is 11.8 Å². The van der Waals surface area contributed by atoms with E-state index in [0.717, 1.165) is 17.8 Å². The van der Waals surface area contributed by atoms with E-state index in [1.54, 1.807) is 24.0 Å². The molecular formula is C11H9N3O4S. The summed E-state index contributed by atoms with van der Waals surface area (Å²) in [5, 5.41) is 20.4. The van der Waals surface area contributed by atoms with E-state index in [0.29, 0.717) is 10.1 Å². The maximum absolute atomic E-state index is 11.1. The molecule has 0 bridgehead atoms. The first-order valence-electron chi connectivity index (χ1n) is 5.16.